The second kappa shape index (κ2) is 4.22. The number of hydrogen-bond donors (Lipinski definition) is 1. The molecule has 0 bridgehead atoms. The predicted molar refractivity (Wildman–Crippen MR) is 48.4 cm³/mol. The fourth-order valence-electron chi connectivity index (χ4n) is 1.26. The molecule has 0 aliphatic rings. The lowest BCUT2D eigenvalue weighted by Gasteiger charge is -2.14. The summed E-state index contributed by atoms with van der Waals surface area (Å²) in [5.41, 5.74) is 1.67. The van der Waals surface area contributed by atoms with Crippen LogP contribution in [0.5, 0.6) is 0 Å². The van der Waals surface area contributed by atoms with Crippen LogP contribution in [0.1, 0.15) is 17.7 Å². The molecule has 1 N–H and O–H groups in total. The maximum atomic E-state index is 11.9. The highest BCUT2D eigenvalue weighted by molar-refractivity contribution is 5.13. The molecule has 1 heterocycles. The molecule has 0 saturated heterocycles. The van der Waals surface area contributed by atoms with Crippen molar-refractivity contribution in [1.82, 2.24) is 9.78 Å². The van der Waals surface area contributed by atoms with Crippen LogP contribution in [-0.2, 0) is 6.54 Å². The number of aliphatic hydroxyl groups is 1. The first-order chi connectivity index (χ1) is 6.79. The molecule has 0 spiro atoms. The smallest absolute Gasteiger partial charge is 0.391 e. The van der Waals surface area contributed by atoms with Crippen molar-refractivity contribution in [2.75, 3.05) is 0 Å². The highest BCUT2D eigenvalue weighted by Crippen LogP contribution is 2.22. The first kappa shape index (κ1) is 12.0. The fourth-order valence-corrected chi connectivity index (χ4v) is 1.26. The largest absolute Gasteiger partial charge is 0.391 e. The normalized spacial score (nSPS) is 14.3. The van der Waals surface area contributed by atoms with E-state index in [4.69, 9.17) is 0 Å². The quantitative estimate of drug-likeness (QED) is 0.847. The Morgan fingerprint density at radius 1 is 1.47 bits per heavy atom. The first-order valence-electron chi connectivity index (χ1n) is 4.53. The van der Waals surface area contributed by atoms with Gasteiger partial charge in [-0.15, -0.1) is 0 Å². The third-order valence-corrected chi connectivity index (χ3v) is 2.20. The standard InChI is InChI=1S/C9H13F3N2O/c1-6-4-13-14(7(6)2)5-8(15)3-9(10,11)12/h4,8,15H,3,5H2,1-2H3. The maximum absolute atomic E-state index is 11.9. The van der Waals surface area contributed by atoms with Gasteiger partial charge in [0.2, 0.25) is 0 Å². The van der Waals surface area contributed by atoms with Gasteiger partial charge in [0.05, 0.1) is 25.3 Å². The molecule has 1 rings (SSSR count). The second-order valence-corrected chi connectivity index (χ2v) is 3.57. The summed E-state index contributed by atoms with van der Waals surface area (Å²) < 4.78 is 37.2. The van der Waals surface area contributed by atoms with E-state index in [0.29, 0.717) is 0 Å². The van der Waals surface area contributed by atoms with E-state index in [0.717, 1.165) is 11.3 Å². The van der Waals surface area contributed by atoms with Crippen LogP contribution in [0.2, 0.25) is 0 Å². The average molecular weight is 222 g/mol. The number of halogens is 3. The van der Waals surface area contributed by atoms with Gasteiger partial charge in [0.1, 0.15) is 0 Å². The van der Waals surface area contributed by atoms with Gasteiger partial charge in [0, 0.05) is 5.69 Å². The summed E-state index contributed by atoms with van der Waals surface area (Å²) in [6.45, 7) is 3.44. The van der Waals surface area contributed by atoms with Crippen LogP contribution in [-0.4, -0.2) is 27.2 Å². The number of aryl methyl sites for hydroxylation is 1. The monoisotopic (exact) mass is 222 g/mol. The molecular weight excluding hydrogens is 209 g/mol. The Morgan fingerprint density at radius 3 is 2.47 bits per heavy atom. The van der Waals surface area contributed by atoms with Crippen molar-refractivity contribution in [2.24, 2.45) is 0 Å². The van der Waals surface area contributed by atoms with Gasteiger partial charge in [0.15, 0.2) is 0 Å². The lowest BCUT2D eigenvalue weighted by atomic mass is 10.2. The Hall–Kier alpha value is -1.04. The maximum Gasteiger partial charge on any atom is 0.391 e. The third-order valence-electron chi connectivity index (χ3n) is 2.20. The molecule has 1 aromatic rings. The molecule has 0 aliphatic carbocycles. The molecule has 3 nitrogen and oxygen atoms in total. The third kappa shape index (κ3) is 3.54. The summed E-state index contributed by atoms with van der Waals surface area (Å²) in [6, 6.07) is 0. The fraction of sp³-hybridized carbons (Fsp3) is 0.667. The molecule has 0 aromatic carbocycles. The van der Waals surface area contributed by atoms with Gasteiger partial charge in [-0.1, -0.05) is 0 Å². The van der Waals surface area contributed by atoms with Gasteiger partial charge >= 0.3 is 6.18 Å². The number of rotatable bonds is 3. The van der Waals surface area contributed by atoms with Crippen LogP contribution in [0.15, 0.2) is 6.20 Å². The average Bonchev–Trinajstić information content (AvgIpc) is 2.32. The first-order valence-corrected chi connectivity index (χ1v) is 4.53. The number of alkyl halides is 3. The van der Waals surface area contributed by atoms with E-state index in [9.17, 15) is 18.3 Å². The molecule has 0 amide bonds. The zero-order valence-electron chi connectivity index (χ0n) is 8.54. The van der Waals surface area contributed by atoms with Crippen molar-refractivity contribution in [1.29, 1.82) is 0 Å². The van der Waals surface area contributed by atoms with Gasteiger partial charge in [-0.25, -0.2) is 0 Å². The van der Waals surface area contributed by atoms with Crippen LogP contribution in [0.4, 0.5) is 13.2 Å². The molecule has 6 heteroatoms. The van der Waals surface area contributed by atoms with E-state index in [2.05, 4.69) is 5.10 Å². The Labute approximate surface area is 85.5 Å². The topological polar surface area (TPSA) is 38.0 Å². The number of hydrogen-bond acceptors (Lipinski definition) is 2. The summed E-state index contributed by atoms with van der Waals surface area (Å²) in [4.78, 5) is 0. The van der Waals surface area contributed by atoms with Gasteiger partial charge in [-0.3, -0.25) is 4.68 Å². The minimum Gasteiger partial charge on any atom is -0.391 e. The van der Waals surface area contributed by atoms with Crippen LogP contribution in [0, 0.1) is 13.8 Å². The molecule has 0 radical (unpaired) electrons. The van der Waals surface area contributed by atoms with Crippen molar-refractivity contribution in [3.63, 3.8) is 0 Å². The predicted octanol–water partition coefficient (Wildman–Crippen LogP) is 1.81. The Morgan fingerprint density at radius 2 is 2.07 bits per heavy atom. The zero-order valence-corrected chi connectivity index (χ0v) is 8.54. The van der Waals surface area contributed by atoms with Gasteiger partial charge < -0.3 is 5.11 Å². The summed E-state index contributed by atoms with van der Waals surface area (Å²) in [7, 11) is 0. The Bertz CT molecular complexity index is 333. The van der Waals surface area contributed by atoms with Gasteiger partial charge in [-0.2, -0.15) is 18.3 Å². The highest BCUT2D eigenvalue weighted by atomic mass is 19.4. The van der Waals surface area contributed by atoms with Crippen LogP contribution in [0.25, 0.3) is 0 Å². The van der Waals surface area contributed by atoms with Crippen molar-refractivity contribution >= 4 is 0 Å². The van der Waals surface area contributed by atoms with Gasteiger partial charge in [-0.05, 0) is 19.4 Å². The van der Waals surface area contributed by atoms with E-state index in [1.165, 1.54) is 4.68 Å². The van der Waals surface area contributed by atoms with E-state index in [-0.39, 0.29) is 6.54 Å². The highest BCUT2D eigenvalue weighted by Gasteiger charge is 2.31. The summed E-state index contributed by atoms with van der Waals surface area (Å²) in [5, 5.41) is 13.1. The van der Waals surface area contributed by atoms with Crippen molar-refractivity contribution < 1.29 is 18.3 Å². The Kier molecular flexibility index (Phi) is 3.38. The number of nitrogens with zero attached hydrogens (tertiary/aromatic N) is 2. The molecule has 0 fully saturated rings. The second-order valence-electron chi connectivity index (χ2n) is 3.57. The van der Waals surface area contributed by atoms with E-state index in [1.54, 1.807) is 13.1 Å². The molecule has 0 aliphatic heterocycles. The van der Waals surface area contributed by atoms with Gasteiger partial charge in [0.25, 0.3) is 0 Å². The van der Waals surface area contributed by atoms with E-state index < -0.39 is 18.7 Å². The summed E-state index contributed by atoms with van der Waals surface area (Å²) >= 11 is 0. The Balaban J connectivity index is 2.59. The van der Waals surface area contributed by atoms with Crippen LogP contribution < -0.4 is 0 Å². The molecule has 15 heavy (non-hydrogen) atoms. The van der Waals surface area contributed by atoms with E-state index in [1.807, 2.05) is 6.92 Å². The summed E-state index contributed by atoms with van der Waals surface area (Å²) in [5.74, 6) is 0. The minimum absolute atomic E-state index is 0.126. The number of aliphatic hydroxyl groups excluding tert-OH is 1. The zero-order chi connectivity index (χ0) is 11.6. The molecule has 1 unspecified atom stereocenters. The lowest BCUT2D eigenvalue weighted by Crippen LogP contribution is -2.24. The van der Waals surface area contributed by atoms with E-state index >= 15 is 0 Å². The molecule has 1 aromatic heterocycles. The van der Waals surface area contributed by atoms with Crippen molar-refractivity contribution in [3.8, 4) is 0 Å². The molecule has 86 valence electrons. The van der Waals surface area contributed by atoms with Crippen LogP contribution in [0.3, 0.4) is 0 Å². The number of aromatic nitrogens is 2. The van der Waals surface area contributed by atoms with Crippen LogP contribution >= 0.6 is 0 Å². The summed E-state index contributed by atoms with van der Waals surface area (Å²) in [6.07, 6.45) is -5.42. The molecule has 0 saturated carbocycles. The lowest BCUT2D eigenvalue weighted by molar-refractivity contribution is -0.154. The van der Waals surface area contributed by atoms with Crippen molar-refractivity contribution in [3.05, 3.63) is 17.5 Å². The van der Waals surface area contributed by atoms with Crippen molar-refractivity contribution in [2.45, 2.75) is 39.1 Å². The molecule has 1 atom stereocenters. The molecular formula is C9H13F3N2O. The minimum atomic E-state index is -4.34. The SMILES string of the molecule is Cc1cnn(CC(O)CC(F)(F)F)c1C.